The first-order valence-electron chi connectivity index (χ1n) is 4.52. The van der Waals surface area contributed by atoms with Gasteiger partial charge in [0.05, 0.1) is 23.6 Å². The van der Waals surface area contributed by atoms with Gasteiger partial charge in [0.25, 0.3) is 0 Å². The molecule has 0 aliphatic heterocycles. The fourth-order valence-corrected chi connectivity index (χ4v) is 1.46. The Kier molecular flexibility index (Phi) is 2.53. The van der Waals surface area contributed by atoms with Crippen LogP contribution in [0.5, 0.6) is 11.6 Å². The van der Waals surface area contributed by atoms with Crippen LogP contribution in [0.15, 0.2) is 18.5 Å². The molecule has 17 heavy (non-hydrogen) atoms. The molecular weight excluding hydrogens is 237 g/mol. The Bertz CT molecular complexity index is 569. The summed E-state index contributed by atoms with van der Waals surface area (Å²) in [6.07, 6.45) is -3.51. The molecule has 90 valence electrons. The maximum Gasteiger partial charge on any atom is 0.419 e. The van der Waals surface area contributed by atoms with Crippen LogP contribution in [-0.2, 0) is 6.18 Å². The first kappa shape index (κ1) is 11.4. The number of alkyl halides is 3. The standard InChI is InChI=1S/C10H7F3N2O2/c1-17-8-3-7-5(9(16)15-4-14-7)2-6(8)10(11,12)13/h2-4H,1H3,(H,14,15,16). The van der Waals surface area contributed by atoms with Gasteiger partial charge in [-0.05, 0) is 6.07 Å². The van der Waals surface area contributed by atoms with E-state index in [1.165, 1.54) is 0 Å². The van der Waals surface area contributed by atoms with Gasteiger partial charge < -0.3 is 9.84 Å². The average Bonchev–Trinajstić information content (AvgIpc) is 2.26. The van der Waals surface area contributed by atoms with E-state index in [2.05, 4.69) is 14.7 Å². The number of nitrogens with zero attached hydrogens (tertiary/aromatic N) is 2. The quantitative estimate of drug-likeness (QED) is 0.836. The topological polar surface area (TPSA) is 55.2 Å². The lowest BCUT2D eigenvalue weighted by Crippen LogP contribution is -2.07. The smallest absolute Gasteiger partial charge is 0.419 e. The van der Waals surface area contributed by atoms with Crippen molar-refractivity contribution in [2.75, 3.05) is 7.11 Å². The molecule has 0 bridgehead atoms. The minimum atomic E-state index is -4.57. The van der Waals surface area contributed by atoms with Crippen molar-refractivity contribution in [1.82, 2.24) is 9.97 Å². The second-order valence-electron chi connectivity index (χ2n) is 3.26. The highest BCUT2D eigenvalue weighted by Gasteiger charge is 2.35. The van der Waals surface area contributed by atoms with Crippen molar-refractivity contribution in [3.63, 3.8) is 0 Å². The van der Waals surface area contributed by atoms with Crippen LogP contribution in [0.4, 0.5) is 13.2 Å². The summed E-state index contributed by atoms with van der Waals surface area (Å²) < 4.78 is 42.7. The van der Waals surface area contributed by atoms with Crippen LogP contribution in [0, 0.1) is 0 Å². The summed E-state index contributed by atoms with van der Waals surface area (Å²) in [7, 11) is 1.14. The lowest BCUT2D eigenvalue weighted by atomic mass is 10.1. The highest BCUT2D eigenvalue weighted by atomic mass is 19.4. The van der Waals surface area contributed by atoms with E-state index in [-0.39, 0.29) is 16.7 Å². The molecule has 1 heterocycles. The largest absolute Gasteiger partial charge is 0.496 e. The van der Waals surface area contributed by atoms with Crippen molar-refractivity contribution in [3.8, 4) is 11.6 Å². The molecule has 1 N–H and O–H groups in total. The predicted octanol–water partition coefficient (Wildman–Crippen LogP) is 2.36. The van der Waals surface area contributed by atoms with Gasteiger partial charge in [-0.15, -0.1) is 0 Å². The van der Waals surface area contributed by atoms with E-state index in [9.17, 15) is 18.3 Å². The monoisotopic (exact) mass is 244 g/mol. The van der Waals surface area contributed by atoms with Gasteiger partial charge in [-0.25, -0.2) is 9.97 Å². The SMILES string of the molecule is COc1cc2ncnc(O)c2cc1C(F)(F)F. The third-order valence-electron chi connectivity index (χ3n) is 2.24. The summed E-state index contributed by atoms with van der Waals surface area (Å²) >= 11 is 0. The van der Waals surface area contributed by atoms with E-state index in [4.69, 9.17) is 0 Å². The summed E-state index contributed by atoms with van der Waals surface area (Å²) in [5.74, 6) is -0.841. The fraction of sp³-hybridized carbons (Fsp3) is 0.200. The summed E-state index contributed by atoms with van der Waals surface area (Å²) in [4.78, 5) is 7.18. The number of hydrogen-bond acceptors (Lipinski definition) is 4. The van der Waals surface area contributed by atoms with Gasteiger partial charge in [0.15, 0.2) is 0 Å². The summed E-state index contributed by atoms with van der Waals surface area (Å²) in [5.41, 5.74) is -0.792. The Labute approximate surface area is 93.7 Å². The maximum atomic E-state index is 12.7. The summed E-state index contributed by atoms with van der Waals surface area (Å²) in [6.45, 7) is 0. The average molecular weight is 244 g/mol. The first-order chi connectivity index (χ1) is 7.93. The Balaban J connectivity index is 2.79. The number of hydrogen-bond donors (Lipinski definition) is 1. The molecule has 0 aliphatic carbocycles. The molecule has 4 nitrogen and oxygen atoms in total. The van der Waals surface area contributed by atoms with Crippen LogP contribution in [0.25, 0.3) is 10.9 Å². The Morgan fingerprint density at radius 1 is 1.24 bits per heavy atom. The third kappa shape index (κ3) is 1.95. The van der Waals surface area contributed by atoms with Gasteiger partial charge in [-0.3, -0.25) is 0 Å². The number of benzene rings is 1. The summed E-state index contributed by atoms with van der Waals surface area (Å²) in [5, 5.41) is 9.30. The molecule has 0 saturated heterocycles. The fourth-order valence-electron chi connectivity index (χ4n) is 1.46. The molecule has 7 heteroatoms. The molecule has 0 saturated carbocycles. The molecule has 0 radical (unpaired) electrons. The lowest BCUT2D eigenvalue weighted by molar-refractivity contribution is -0.138. The zero-order valence-corrected chi connectivity index (χ0v) is 8.62. The van der Waals surface area contributed by atoms with E-state index in [0.29, 0.717) is 0 Å². The maximum absolute atomic E-state index is 12.7. The molecule has 0 spiro atoms. The molecule has 0 fully saturated rings. The number of rotatable bonds is 1. The molecule has 2 rings (SSSR count). The first-order valence-corrected chi connectivity index (χ1v) is 4.52. The van der Waals surface area contributed by atoms with Gasteiger partial charge in [-0.2, -0.15) is 13.2 Å². The van der Waals surface area contributed by atoms with Gasteiger partial charge in [0.1, 0.15) is 12.1 Å². The lowest BCUT2D eigenvalue weighted by Gasteiger charge is -2.12. The molecule has 0 aliphatic rings. The normalized spacial score (nSPS) is 11.8. The van der Waals surface area contributed by atoms with E-state index in [0.717, 1.165) is 25.6 Å². The minimum Gasteiger partial charge on any atom is -0.496 e. The zero-order chi connectivity index (χ0) is 12.6. The number of aromatic hydroxyl groups is 1. The molecule has 0 atom stereocenters. The number of fused-ring (bicyclic) bond motifs is 1. The van der Waals surface area contributed by atoms with Crippen LogP contribution in [0.2, 0.25) is 0 Å². The molecule has 0 amide bonds. The van der Waals surface area contributed by atoms with Crippen molar-refractivity contribution in [3.05, 3.63) is 24.0 Å². The van der Waals surface area contributed by atoms with Crippen LogP contribution in [0.3, 0.4) is 0 Å². The van der Waals surface area contributed by atoms with Crippen LogP contribution in [0.1, 0.15) is 5.56 Å². The van der Waals surface area contributed by atoms with Crippen LogP contribution < -0.4 is 4.74 Å². The van der Waals surface area contributed by atoms with Crippen molar-refractivity contribution in [2.24, 2.45) is 0 Å². The molecule has 0 unspecified atom stereocenters. The minimum absolute atomic E-state index is 0.0689. The second-order valence-corrected chi connectivity index (χ2v) is 3.26. The Hall–Kier alpha value is -2.05. The number of halogens is 3. The van der Waals surface area contributed by atoms with E-state index in [1.54, 1.807) is 0 Å². The molecule has 1 aromatic carbocycles. The summed E-state index contributed by atoms with van der Waals surface area (Å²) in [6, 6.07) is 1.88. The van der Waals surface area contributed by atoms with Crippen molar-refractivity contribution < 1.29 is 23.0 Å². The highest BCUT2D eigenvalue weighted by molar-refractivity contribution is 5.85. The van der Waals surface area contributed by atoms with E-state index in [1.807, 2.05) is 0 Å². The predicted molar refractivity (Wildman–Crippen MR) is 52.8 cm³/mol. The van der Waals surface area contributed by atoms with Crippen molar-refractivity contribution >= 4 is 10.9 Å². The number of aromatic nitrogens is 2. The Morgan fingerprint density at radius 3 is 2.53 bits per heavy atom. The van der Waals surface area contributed by atoms with Crippen LogP contribution >= 0.6 is 0 Å². The second kappa shape index (κ2) is 3.76. The number of ether oxygens (including phenoxy) is 1. The highest BCUT2D eigenvalue weighted by Crippen LogP contribution is 2.39. The molecule has 1 aromatic heterocycles. The zero-order valence-electron chi connectivity index (χ0n) is 8.62. The van der Waals surface area contributed by atoms with Crippen molar-refractivity contribution in [1.29, 1.82) is 0 Å². The van der Waals surface area contributed by atoms with Crippen LogP contribution in [-0.4, -0.2) is 22.2 Å². The van der Waals surface area contributed by atoms with E-state index < -0.39 is 17.6 Å². The molecular formula is C10H7F3N2O2. The number of methoxy groups -OCH3 is 1. The Morgan fingerprint density at radius 2 is 1.94 bits per heavy atom. The third-order valence-corrected chi connectivity index (χ3v) is 2.24. The van der Waals surface area contributed by atoms with Gasteiger partial charge >= 0.3 is 6.18 Å². The molecule has 2 aromatic rings. The van der Waals surface area contributed by atoms with E-state index >= 15 is 0 Å². The van der Waals surface area contributed by atoms with Gasteiger partial charge in [-0.1, -0.05) is 0 Å². The van der Waals surface area contributed by atoms with Gasteiger partial charge in [0.2, 0.25) is 5.88 Å². The van der Waals surface area contributed by atoms with Crippen molar-refractivity contribution in [2.45, 2.75) is 6.18 Å². The van der Waals surface area contributed by atoms with Gasteiger partial charge in [0, 0.05) is 6.07 Å².